The van der Waals surface area contributed by atoms with E-state index in [1.165, 1.54) is 6.92 Å². The molecule has 0 unspecified atom stereocenters. The SMILES string of the molecule is CC(=O)CC(=O)/N=C1/SCCN1C. The molecule has 0 N–H and O–H groups in total. The van der Waals surface area contributed by atoms with Gasteiger partial charge in [0.05, 0.1) is 6.42 Å². The van der Waals surface area contributed by atoms with Crippen LogP contribution >= 0.6 is 11.8 Å². The first-order valence-corrected chi connectivity index (χ1v) is 5.03. The number of hydrogen-bond acceptors (Lipinski definition) is 3. The number of carbonyl (C=O) groups is 2. The highest BCUT2D eigenvalue weighted by Gasteiger charge is 2.16. The molecule has 0 bridgehead atoms. The van der Waals surface area contributed by atoms with Crippen LogP contribution in [0.4, 0.5) is 0 Å². The van der Waals surface area contributed by atoms with Crippen molar-refractivity contribution >= 4 is 28.6 Å². The first-order chi connectivity index (χ1) is 6.09. The molecule has 1 rings (SSSR count). The lowest BCUT2D eigenvalue weighted by Crippen LogP contribution is -2.19. The number of nitrogens with zero attached hydrogens (tertiary/aromatic N) is 2. The third-order valence-corrected chi connectivity index (χ3v) is 2.65. The molecule has 0 atom stereocenters. The Balaban J connectivity index is 2.54. The monoisotopic (exact) mass is 200 g/mol. The first-order valence-electron chi connectivity index (χ1n) is 4.04. The molecule has 0 aromatic heterocycles. The Morgan fingerprint density at radius 1 is 1.62 bits per heavy atom. The Kier molecular flexibility index (Phi) is 3.48. The maximum absolute atomic E-state index is 11.1. The molecule has 0 aromatic rings. The lowest BCUT2D eigenvalue weighted by atomic mass is 10.3. The summed E-state index contributed by atoms with van der Waals surface area (Å²) >= 11 is 1.55. The van der Waals surface area contributed by atoms with Crippen molar-refractivity contribution in [1.82, 2.24) is 4.90 Å². The van der Waals surface area contributed by atoms with Gasteiger partial charge in [-0.3, -0.25) is 9.59 Å². The molecule has 1 fully saturated rings. The number of Topliss-reactive ketones (excluding diaryl/α,β-unsaturated/α-hetero) is 1. The summed E-state index contributed by atoms with van der Waals surface area (Å²) in [6, 6.07) is 0. The lowest BCUT2D eigenvalue weighted by Gasteiger charge is -2.08. The number of hydrogen-bond donors (Lipinski definition) is 0. The highest BCUT2D eigenvalue weighted by molar-refractivity contribution is 8.14. The predicted octanol–water partition coefficient (Wildman–Crippen LogP) is 0.527. The molecule has 5 heteroatoms. The van der Waals surface area contributed by atoms with Gasteiger partial charge in [-0.25, -0.2) is 0 Å². The zero-order valence-corrected chi connectivity index (χ0v) is 8.56. The molecule has 0 aromatic carbocycles. The van der Waals surface area contributed by atoms with E-state index in [-0.39, 0.29) is 18.1 Å². The van der Waals surface area contributed by atoms with Crippen LogP contribution in [0.15, 0.2) is 4.99 Å². The molecule has 1 aliphatic rings. The van der Waals surface area contributed by atoms with Crippen molar-refractivity contribution in [2.75, 3.05) is 19.3 Å². The number of amides is 1. The predicted molar refractivity (Wildman–Crippen MR) is 52.8 cm³/mol. The van der Waals surface area contributed by atoms with Crippen LogP contribution in [-0.4, -0.2) is 41.1 Å². The molecular formula is C8H12N2O2S. The Morgan fingerprint density at radius 2 is 2.31 bits per heavy atom. The van der Waals surface area contributed by atoms with Crippen LogP contribution in [0.5, 0.6) is 0 Å². The van der Waals surface area contributed by atoms with Gasteiger partial charge in [-0.15, -0.1) is 0 Å². The quantitative estimate of drug-likeness (QED) is 0.610. The molecule has 4 nitrogen and oxygen atoms in total. The van der Waals surface area contributed by atoms with E-state index in [4.69, 9.17) is 0 Å². The van der Waals surface area contributed by atoms with Crippen LogP contribution in [0.3, 0.4) is 0 Å². The molecular weight excluding hydrogens is 188 g/mol. The van der Waals surface area contributed by atoms with Gasteiger partial charge in [-0.2, -0.15) is 4.99 Å². The molecule has 0 saturated carbocycles. The van der Waals surface area contributed by atoms with E-state index >= 15 is 0 Å². The Bertz CT molecular complexity index is 263. The minimum atomic E-state index is -0.344. The third-order valence-electron chi connectivity index (χ3n) is 1.60. The summed E-state index contributed by atoms with van der Waals surface area (Å²) in [7, 11) is 1.89. The third kappa shape index (κ3) is 3.18. The van der Waals surface area contributed by atoms with Gasteiger partial charge >= 0.3 is 0 Å². The average molecular weight is 200 g/mol. The zero-order chi connectivity index (χ0) is 9.84. The summed E-state index contributed by atoms with van der Waals surface area (Å²) in [4.78, 5) is 27.5. The van der Waals surface area contributed by atoms with Gasteiger partial charge in [0, 0.05) is 19.3 Å². The van der Waals surface area contributed by atoms with Gasteiger partial charge in [0.25, 0.3) is 5.91 Å². The van der Waals surface area contributed by atoms with Crippen molar-refractivity contribution < 1.29 is 9.59 Å². The molecule has 72 valence electrons. The van der Waals surface area contributed by atoms with Crippen molar-refractivity contribution in [3.63, 3.8) is 0 Å². The van der Waals surface area contributed by atoms with Gasteiger partial charge < -0.3 is 4.90 Å². The largest absolute Gasteiger partial charge is 0.353 e. The first kappa shape index (κ1) is 10.2. The number of carbonyl (C=O) groups excluding carboxylic acids is 2. The fraction of sp³-hybridized carbons (Fsp3) is 0.625. The molecule has 1 aliphatic heterocycles. The molecule has 0 spiro atoms. The van der Waals surface area contributed by atoms with E-state index < -0.39 is 0 Å². The highest BCUT2D eigenvalue weighted by Crippen LogP contribution is 2.15. The van der Waals surface area contributed by atoms with Crippen molar-refractivity contribution in [3.05, 3.63) is 0 Å². The van der Waals surface area contributed by atoms with Gasteiger partial charge in [-0.1, -0.05) is 11.8 Å². The fourth-order valence-corrected chi connectivity index (χ4v) is 1.98. The average Bonchev–Trinajstić information content (AvgIpc) is 2.34. The van der Waals surface area contributed by atoms with Crippen LogP contribution in [0.1, 0.15) is 13.3 Å². The molecule has 1 saturated heterocycles. The number of rotatable bonds is 2. The van der Waals surface area contributed by atoms with Crippen LogP contribution < -0.4 is 0 Å². The van der Waals surface area contributed by atoms with E-state index in [1.807, 2.05) is 11.9 Å². The second-order valence-corrected chi connectivity index (χ2v) is 4.00. The van der Waals surface area contributed by atoms with E-state index in [0.29, 0.717) is 0 Å². The van der Waals surface area contributed by atoms with Crippen molar-refractivity contribution in [3.8, 4) is 0 Å². The van der Waals surface area contributed by atoms with E-state index in [0.717, 1.165) is 17.5 Å². The van der Waals surface area contributed by atoms with E-state index in [1.54, 1.807) is 11.8 Å². The number of thioether (sulfide) groups is 1. The van der Waals surface area contributed by atoms with Crippen LogP contribution in [-0.2, 0) is 9.59 Å². The standard InChI is InChI=1S/C8H12N2O2S/c1-6(11)5-7(12)9-8-10(2)3-4-13-8/h3-5H2,1-2H3/b9-8+. The number of aliphatic imine (C=N–C) groups is 1. The normalized spacial score (nSPS) is 19.5. The summed E-state index contributed by atoms with van der Waals surface area (Å²) in [5.74, 6) is 0.478. The molecule has 1 heterocycles. The van der Waals surface area contributed by atoms with E-state index in [2.05, 4.69) is 4.99 Å². The number of amidine groups is 1. The molecule has 1 amide bonds. The van der Waals surface area contributed by atoms with Gasteiger partial charge in [-0.05, 0) is 6.92 Å². The zero-order valence-electron chi connectivity index (χ0n) is 7.74. The topological polar surface area (TPSA) is 49.7 Å². The Morgan fingerprint density at radius 3 is 2.77 bits per heavy atom. The summed E-state index contributed by atoms with van der Waals surface area (Å²) in [5, 5.41) is 0.728. The van der Waals surface area contributed by atoms with Gasteiger partial charge in [0.1, 0.15) is 5.78 Å². The van der Waals surface area contributed by atoms with Crippen LogP contribution in [0.25, 0.3) is 0 Å². The second-order valence-electron chi connectivity index (χ2n) is 2.94. The van der Waals surface area contributed by atoms with Crippen LogP contribution in [0, 0.1) is 0 Å². The number of ketones is 1. The van der Waals surface area contributed by atoms with Crippen molar-refractivity contribution in [2.45, 2.75) is 13.3 Å². The lowest BCUT2D eigenvalue weighted by molar-refractivity contribution is -0.125. The van der Waals surface area contributed by atoms with E-state index in [9.17, 15) is 9.59 Å². The molecule has 13 heavy (non-hydrogen) atoms. The summed E-state index contributed by atoms with van der Waals surface area (Å²) in [6.45, 7) is 2.31. The summed E-state index contributed by atoms with van der Waals surface area (Å²) in [5.41, 5.74) is 0. The van der Waals surface area contributed by atoms with Crippen LogP contribution in [0.2, 0.25) is 0 Å². The Hall–Kier alpha value is -0.840. The summed E-state index contributed by atoms with van der Waals surface area (Å²) in [6.07, 6.45) is -0.0854. The Labute approximate surface area is 81.4 Å². The molecule has 0 radical (unpaired) electrons. The fourth-order valence-electron chi connectivity index (χ4n) is 0.956. The maximum atomic E-state index is 11.1. The van der Waals surface area contributed by atoms with Gasteiger partial charge in [0.2, 0.25) is 0 Å². The highest BCUT2D eigenvalue weighted by atomic mass is 32.2. The second kappa shape index (κ2) is 4.41. The minimum absolute atomic E-state index is 0.0854. The maximum Gasteiger partial charge on any atom is 0.255 e. The van der Waals surface area contributed by atoms with Gasteiger partial charge in [0.15, 0.2) is 5.17 Å². The van der Waals surface area contributed by atoms with Crippen molar-refractivity contribution in [2.24, 2.45) is 4.99 Å². The molecule has 0 aliphatic carbocycles. The van der Waals surface area contributed by atoms with Crippen molar-refractivity contribution in [1.29, 1.82) is 0 Å². The smallest absolute Gasteiger partial charge is 0.255 e. The minimum Gasteiger partial charge on any atom is -0.353 e. The summed E-state index contributed by atoms with van der Waals surface area (Å²) < 4.78 is 0.